The molecule has 11 heteroatoms. The SMILES string of the molecule is CCn1c(=O)c(-c2c(Cl)c(OC)cc(OC)c2Cl)cc2cnc(C(C=NCCN3CCOCC3)=C(C)N)cc21. The molecule has 2 aromatic heterocycles. The molecule has 0 radical (unpaired) electrons. The van der Waals surface area contributed by atoms with Gasteiger partial charge in [-0.05, 0) is 26.0 Å². The van der Waals surface area contributed by atoms with Gasteiger partial charge in [0, 0.05) is 66.9 Å². The van der Waals surface area contributed by atoms with Crippen molar-refractivity contribution in [3.8, 4) is 22.6 Å². The Bertz CT molecular complexity index is 1450. The average molecular weight is 575 g/mol. The van der Waals surface area contributed by atoms with Crippen molar-refractivity contribution in [2.45, 2.75) is 20.4 Å². The second kappa shape index (κ2) is 12.8. The van der Waals surface area contributed by atoms with Crippen molar-refractivity contribution in [2.75, 3.05) is 53.6 Å². The van der Waals surface area contributed by atoms with Gasteiger partial charge >= 0.3 is 0 Å². The summed E-state index contributed by atoms with van der Waals surface area (Å²) in [5.41, 5.74) is 9.27. The zero-order valence-electron chi connectivity index (χ0n) is 22.6. The highest BCUT2D eigenvalue weighted by Gasteiger charge is 2.23. The number of hydrogen-bond acceptors (Lipinski definition) is 8. The minimum atomic E-state index is -0.254. The van der Waals surface area contributed by atoms with E-state index < -0.39 is 0 Å². The molecule has 0 spiro atoms. The summed E-state index contributed by atoms with van der Waals surface area (Å²) in [5.74, 6) is 0.704. The van der Waals surface area contributed by atoms with Crippen LogP contribution in [0.15, 0.2) is 39.9 Å². The monoisotopic (exact) mass is 573 g/mol. The van der Waals surface area contributed by atoms with E-state index in [1.54, 1.807) is 29.1 Å². The number of aliphatic imine (C=N–C) groups is 1. The fourth-order valence-corrected chi connectivity index (χ4v) is 5.29. The summed E-state index contributed by atoms with van der Waals surface area (Å²) in [6.45, 7) is 8.94. The first-order valence-corrected chi connectivity index (χ1v) is 13.5. The lowest BCUT2D eigenvalue weighted by Crippen LogP contribution is -2.37. The van der Waals surface area contributed by atoms with Crippen LogP contribution in [-0.2, 0) is 11.3 Å². The number of morpholine rings is 1. The molecule has 39 heavy (non-hydrogen) atoms. The zero-order chi connectivity index (χ0) is 28.1. The molecule has 0 atom stereocenters. The highest BCUT2D eigenvalue weighted by molar-refractivity contribution is 6.41. The van der Waals surface area contributed by atoms with E-state index in [1.807, 2.05) is 19.9 Å². The van der Waals surface area contributed by atoms with E-state index in [0.29, 0.717) is 58.2 Å². The molecule has 0 amide bonds. The number of nitrogens with zero attached hydrogens (tertiary/aromatic N) is 4. The Morgan fingerprint density at radius 1 is 1.15 bits per heavy atom. The number of ether oxygens (including phenoxy) is 3. The van der Waals surface area contributed by atoms with Crippen molar-refractivity contribution in [1.29, 1.82) is 0 Å². The third-order valence-electron chi connectivity index (χ3n) is 6.71. The highest BCUT2D eigenvalue weighted by atomic mass is 35.5. The topological polar surface area (TPSA) is 104 Å². The van der Waals surface area contributed by atoms with Crippen LogP contribution < -0.4 is 20.8 Å². The molecule has 4 rings (SSSR count). The molecule has 0 unspecified atom stereocenters. The van der Waals surface area contributed by atoms with Crippen LogP contribution in [0.4, 0.5) is 0 Å². The number of allylic oxidation sites excluding steroid dienone is 2. The molecule has 3 heterocycles. The second-order valence-corrected chi connectivity index (χ2v) is 9.86. The van der Waals surface area contributed by atoms with Crippen molar-refractivity contribution < 1.29 is 14.2 Å². The Balaban J connectivity index is 1.75. The second-order valence-electron chi connectivity index (χ2n) is 9.11. The number of fused-ring (bicyclic) bond motifs is 1. The number of aromatic nitrogens is 2. The maximum Gasteiger partial charge on any atom is 0.259 e. The van der Waals surface area contributed by atoms with Crippen molar-refractivity contribution in [3.05, 3.63) is 56.2 Å². The molecule has 1 aromatic carbocycles. The first kappa shape index (κ1) is 28.9. The van der Waals surface area contributed by atoms with Crippen LogP contribution in [0.25, 0.3) is 27.6 Å². The molecule has 0 saturated carbocycles. The lowest BCUT2D eigenvalue weighted by molar-refractivity contribution is 0.0395. The Labute approximate surface area is 237 Å². The van der Waals surface area contributed by atoms with E-state index in [9.17, 15) is 4.79 Å². The molecule has 3 aromatic rings. The summed E-state index contributed by atoms with van der Waals surface area (Å²) >= 11 is 13.3. The normalized spacial score (nSPS) is 15.1. The van der Waals surface area contributed by atoms with Crippen molar-refractivity contribution in [1.82, 2.24) is 14.5 Å². The number of hydrogen-bond donors (Lipinski definition) is 1. The van der Waals surface area contributed by atoms with Gasteiger partial charge in [-0.1, -0.05) is 23.2 Å². The van der Waals surface area contributed by atoms with Gasteiger partial charge in [-0.2, -0.15) is 0 Å². The van der Waals surface area contributed by atoms with Gasteiger partial charge in [-0.3, -0.25) is 19.7 Å². The summed E-state index contributed by atoms with van der Waals surface area (Å²) in [6.07, 6.45) is 3.47. The molecular formula is C28H33Cl2N5O4. The average Bonchev–Trinajstić information content (AvgIpc) is 2.94. The summed E-state index contributed by atoms with van der Waals surface area (Å²) in [6, 6.07) is 5.19. The molecule has 0 aliphatic carbocycles. The van der Waals surface area contributed by atoms with Crippen LogP contribution in [0.3, 0.4) is 0 Å². The first-order valence-electron chi connectivity index (χ1n) is 12.7. The number of benzene rings is 1. The van der Waals surface area contributed by atoms with Crippen molar-refractivity contribution in [2.24, 2.45) is 10.7 Å². The Morgan fingerprint density at radius 2 is 1.82 bits per heavy atom. The molecule has 9 nitrogen and oxygen atoms in total. The molecule has 1 aliphatic heterocycles. The Hall–Kier alpha value is -3.11. The van der Waals surface area contributed by atoms with Crippen LogP contribution in [0.2, 0.25) is 10.0 Å². The van der Waals surface area contributed by atoms with Gasteiger partial charge in [0.25, 0.3) is 5.56 Å². The number of aryl methyl sites for hydroxylation is 1. The lowest BCUT2D eigenvalue weighted by Gasteiger charge is -2.25. The van der Waals surface area contributed by atoms with E-state index in [4.69, 9.17) is 43.1 Å². The highest BCUT2D eigenvalue weighted by Crippen LogP contribution is 2.45. The van der Waals surface area contributed by atoms with Crippen LogP contribution in [0, 0.1) is 0 Å². The van der Waals surface area contributed by atoms with Crippen LogP contribution in [0.5, 0.6) is 11.5 Å². The van der Waals surface area contributed by atoms with Crippen LogP contribution in [0.1, 0.15) is 19.5 Å². The summed E-state index contributed by atoms with van der Waals surface area (Å²) in [4.78, 5) is 25.3. The quantitative estimate of drug-likeness (QED) is 0.376. The maximum atomic E-state index is 13.8. The minimum absolute atomic E-state index is 0.226. The molecule has 208 valence electrons. The summed E-state index contributed by atoms with van der Waals surface area (Å²) in [5, 5.41) is 1.19. The largest absolute Gasteiger partial charge is 0.495 e. The smallest absolute Gasteiger partial charge is 0.259 e. The van der Waals surface area contributed by atoms with Gasteiger partial charge in [0.05, 0.1) is 60.8 Å². The lowest BCUT2D eigenvalue weighted by atomic mass is 10.0. The fourth-order valence-electron chi connectivity index (χ4n) is 4.58. The van der Waals surface area contributed by atoms with Gasteiger partial charge in [0.1, 0.15) is 11.5 Å². The standard InChI is InChI=1S/C28H33Cl2N5O4/c1-5-35-22-13-21(20(17(2)31)16-32-6-7-34-8-10-39-11-9-34)33-15-18(22)12-19(28(35)36)25-26(29)23(37-3)14-24(38-4)27(25)30/h12-16H,5-11,31H2,1-4H3. The minimum Gasteiger partial charge on any atom is -0.495 e. The predicted octanol–water partition coefficient (Wildman–Crippen LogP) is 4.50. The molecule has 1 aliphatic rings. The Morgan fingerprint density at radius 3 is 2.41 bits per heavy atom. The Kier molecular flexibility index (Phi) is 9.50. The van der Waals surface area contributed by atoms with Gasteiger partial charge in [-0.15, -0.1) is 0 Å². The van der Waals surface area contributed by atoms with E-state index in [-0.39, 0.29) is 15.6 Å². The van der Waals surface area contributed by atoms with Crippen molar-refractivity contribution >= 4 is 45.9 Å². The van der Waals surface area contributed by atoms with Gasteiger partial charge in [0.2, 0.25) is 0 Å². The van der Waals surface area contributed by atoms with E-state index in [2.05, 4.69) is 14.9 Å². The van der Waals surface area contributed by atoms with Crippen LogP contribution in [-0.4, -0.2) is 74.3 Å². The number of halogens is 2. The van der Waals surface area contributed by atoms with Gasteiger partial charge in [-0.25, -0.2) is 0 Å². The maximum absolute atomic E-state index is 13.8. The molecule has 1 fully saturated rings. The van der Waals surface area contributed by atoms with Crippen LogP contribution >= 0.6 is 23.2 Å². The molecular weight excluding hydrogens is 541 g/mol. The molecule has 1 saturated heterocycles. The van der Waals surface area contributed by atoms with E-state index in [1.165, 1.54) is 14.2 Å². The first-order chi connectivity index (χ1) is 18.8. The third kappa shape index (κ3) is 6.06. The third-order valence-corrected chi connectivity index (χ3v) is 7.46. The fraction of sp³-hybridized carbons (Fsp3) is 0.393. The molecule has 2 N–H and O–H groups in total. The predicted molar refractivity (Wildman–Crippen MR) is 158 cm³/mol. The van der Waals surface area contributed by atoms with E-state index >= 15 is 0 Å². The van der Waals surface area contributed by atoms with Gasteiger partial charge < -0.3 is 24.5 Å². The van der Waals surface area contributed by atoms with E-state index in [0.717, 1.165) is 38.2 Å². The number of pyridine rings is 2. The number of methoxy groups -OCH3 is 2. The summed E-state index contributed by atoms with van der Waals surface area (Å²) in [7, 11) is 2.98. The van der Waals surface area contributed by atoms with Gasteiger partial charge in [0.15, 0.2) is 0 Å². The molecule has 0 bridgehead atoms. The summed E-state index contributed by atoms with van der Waals surface area (Å²) < 4.78 is 17.9. The number of rotatable bonds is 9. The van der Waals surface area contributed by atoms with Crippen molar-refractivity contribution in [3.63, 3.8) is 0 Å². The zero-order valence-corrected chi connectivity index (χ0v) is 24.1. The number of nitrogens with two attached hydrogens (primary N) is 1.